The van der Waals surface area contributed by atoms with Gasteiger partial charge >= 0.3 is 6.09 Å². The van der Waals surface area contributed by atoms with E-state index in [0.29, 0.717) is 5.69 Å². The van der Waals surface area contributed by atoms with Gasteiger partial charge in [-0.25, -0.2) is 9.00 Å². The molecule has 0 spiro atoms. The van der Waals surface area contributed by atoms with Crippen LogP contribution in [0.5, 0.6) is 5.75 Å². The van der Waals surface area contributed by atoms with Crippen molar-refractivity contribution in [2.45, 2.75) is 6.92 Å². The molecular weight excluding hydrogens is 283 g/mol. The summed E-state index contributed by atoms with van der Waals surface area (Å²) in [4.78, 5) is 21.9. The normalized spacial score (nSPS) is 10.8. The number of rotatable bonds is 4. The third kappa shape index (κ3) is 7.96. The standard InChI is InChI=1S/C10H12N2O5S.Na/c1-7(13)12-8-2-4-9(5-3-8)17-10(14)11-6-18(15)16;/h2-5H,6H2,1H3,(H,11,14)(H,12,13)(H,15,16);. The Kier molecular flexibility index (Phi) is 8.61. The van der Waals surface area contributed by atoms with Crippen LogP contribution < -0.4 is 15.4 Å². The fourth-order valence-corrected chi connectivity index (χ4v) is 1.31. The number of carbonyl (C=O) groups excluding carboxylic acids is 2. The molecule has 7 nitrogen and oxygen atoms in total. The van der Waals surface area contributed by atoms with Gasteiger partial charge in [0.1, 0.15) is 11.6 Å². The second-order valence-electron chi connectivity index (χ2n) is 3.24. The molecule has 99 valence electrons. The first-order valence-corrected chi connectivity index (χ1v) is 6.16. The fourth-order valence-electron chi connectivity index (χ4n) is 1.07. The van der Waals surface area contributed by atoms with Crippen molar-refractivity contribution in [2.75, 3.05) is 11.2 Å². The van der Waals surface area contributed by atoms with Gasteiger partial charge in [-0.1, -0.05) is 0 Å². The van der Waals surface area contributed by atoms with Crippen molar-refractivity contribution >= 4 is 58.3 Å². The summed E-state index contributed by atoms with van der Waals surface area (Å²) < 4.78 is 23.6. The van der Waals surface area contributed by atoms with Gasteiger partial charge in [-0.15, -0.1) is 0 Å². The molecule has 0 saturated heterocycles. The molecule has 9 heteroatoms. The summed E-state index contributed by atoms with van der Waals surface area (Å²) in [5.41, 5.74) is 0.576. The van der Waals surface area contributed by atoms with Crippen LogP contribution in [0, 0.1) is 0 Å². The summed E-state index contributed by atoms with van der Waals surface area (Å²) in [6.45, 7) is 1.38. The van der Waals surface area contributed by atoms with E-state index in [-0.39, 0.29) is 41.2 Å². The third-order valence-electron chi connectivity index (χ3n) is 1.73. The minimum absolute atomic E-state index is 0. The average Bonchev–Trinajstić information content (AvgIpc) is 2.28. The summed E-state index contributed by atoms with van der Waals surface area (Å²) >= 11 is -2.11. The van der Waals surface area contributed by atoms with Gasteiger partial charge < -0.3 is 19.9 Å². The smallest absolute Gasteiger partial charge is 0.410 e. The number of ether oxygens (including phenoxy) is 1. The molecule has 0 bridgehead atoms. The molecular formula is C10H12N2NaO5S. The first kappa shape index (κ1) is 18.1. The van der Waals surface area contributed by atoms with Crippen molar-refractivity contribution in [3.8, 4) is 5.75 Å². The van der Waals surface area contributed by atoms with E-state index in [1.54, 1.807) is 12.1 Å². The number of carbonyl (C=O) groups is 2. The van der Waals surface area contributed by atoms with Crippen LogP contribution in [0.2, 0.25) is 0 Å². The van der Waals surface area contributed by atoms with E-state index in [9.17, 15) is 13.8 Å². The molecule has 19 heavy (non-hydrogen) atoms. The van der Waals surface area contributed by atoms with Gasteiger partial charge in [-0.05, 0) is 24.3 Å². The molecule has 1 radical (unpaired) electrons. The molecule has 0 aliphatic rings. The van der Waals surface area contributed by atoms with Crippen LogP contribution >= 0.6 is 0 Å². The molecule has 0 fully saturated rings. The molecule has 1 aromatic rings. The van der Waals surface area contributed by atoms with Crippen LogP contribution in [0.1, 0.15) is 6.92 Å². The Morgan fingerprint density at radius 1 is 1.32 bits per heavy atom. The number of benzene rings is 1. The Hall–Kier alpha value is -0.930. The van der Waals surface area contributed by atoms with E-state index >= 15 is 0 Å². The Balaban J connectivity index is 0.00000324. The van der Waals surface area contributed by atoms with Crippen LogP contribution in [0.3, 0.4) is 0 Å². The molecule has 0 heterocycles. The van der Waals surface area contributed by atoms with Crippen molar-refractivity contribution in [3.05, 3.63) is 24.3 Å². The molecule has 0 saturated carbocycles. The van der Waals surface area contributed by atoms with Crippen molar-refractivity contribution < 1.29 is 23.1 Å². The Bertz CT molecular complexity index is 465. The molecule has 3 N–H and O–H groups in total. The van der Waals surface area contributed by atoms with E-state index in [0.717, 1.165) is 0 Å². The van der Waals surface area contributed by atoms with Gasteiger partial charge in [0.15, 0.2) is 11.1 Å². The monoisotopic (exact) mass is 295 g/mol. The Morgan fingerprint density at radius 3 is 2.37 bits per heavy atom. The molecule has 1 unspecified atom stereocenters. The minimum Gasteiger partial charge on any atom is -0.410 e. The summed E-state index contributed by atoms with van der Waals surface area (Å²) in [6.07, 6.45) is -0.829. The number of nitrogens with one attached hydrogen (secondary N) is 2. The van der Waals surface area contributed by atoms with E-state index in [2.05, 4.69) is 10.6 Å². The number of hydrogen-bond acceptors (Lipinski definition) is 4. The second-order valence-corrected chi connectivity index (χ2v) is 4.17. The minimum atomic E-state index is -2.11. The first-order chi connectivity index (χ1) is 8.47. The molecule has 2 amide bonds. The van der Waals surface area contributed by atoms with Gasteiger partial charge in [0, 0.05) is 42.2 Å². The van der Waals surface area contributed by atoms with Crippen molar-refractivity contribution in [3.63, 3.8) is 0 Å². The van der Waals surface area contributed by atoms with Crippen LogP contribution in [0.15, 0.2) is 24.3 Å². The van der Waals surface area contributed by atoms with Crippen LogP contribution in [-0.2, 0) is 15.9 Å². The maximum Gasteiger partial charge on any atom is 0.413 e. The fraction of sp³-hybridized carbons (Fsp3) is 0.200. The van der Waals surface area contributed by atoms with Crippen molar-refractivity contribution in [2.24, 2.45) is 0 Å². The van der Waals surface area contributed by atoms with Crippen molar-refractivity contribution in [1.82, 2.24) is 5.32 Å². The zero-order chi connectivity index (χ0) is 13.5. The number of amides is 2. The molecule has 0 aromatic heterocycles. The SMILES string of the molecule is CC(=O)Nc1ccc(OC(=O)NCS(=O)O)cc1.[Na]. The van der Waals surface area contributed by atoms with Crippen molar-refractivity contribution in [1.29, 1.82) is 0 Å². The maximum atomic E-state index is 11.1. The van der Waals surface area contributed by atoms with E-state index in [1.165, 1.54) is 19.1 Å². The van der Waals surface area contributed by atoms with E-state index in [1.807, 2.05) is 0 Å². The van der Waals surface area contributed by atoms with E-state index < -0.39 is 23.1 Å². The summed E-state index contributed by atoms with van der Waals surface area (Å²) in [5, 5.41) is 4.65. The van der Waals surface area contributed by atoms with Gasteiger partial charge in [0.2, 0.25) is 5.91 Å². The largest absolute Gasteiger partial charge is 0.413 e. The van der Waals surface area contributed by atoms with Gasteiger partial charge in [0.25, 0.3) is 0 Å². The molecule has 1 aromatic carbocycles. The molecule has 1 atom stereocenters. The zero-order valence-corrected chi connectivity index (χ0v) is 13.3. The van der Waals surface area contributed by atoms with Crippen LogP contribution in [-0.4, -0.2) is 56.2 Å². The predicted molar refractivity (Wildman–Crippen MR) is 71.3 cm³/mol. The maximum absolute atomic E-state index is 11.1. The van der Waals surface area contributed by atoms with E-state index in [4.69, 9.17) is 9.29 Å². The summed E-state index contributed by atoms with van der Waals surface area (Å²) in [5.74, 6) is -0.347. The zero-order valence-electron chi connectivity index (χ0n) is 10.5. The van der Waals surface area contributed by atoms with Gasteiger partial charge in [-0.3, -0.25) is 4.79 Å². The topological polar surface area (TPSA) is 105 Å². The quantitative estimate of drug-likeness (QED) is 0.555. The van der Waals surface area contributed by atoms with Crippen LogP contribution in [0.4, 0.5) is 10.5 Å². The average molecular weight is 295 g/mol. The number of hydrogen-bond donors (Lipinski definition) is 3. The third-order valence-corrected chi connectivity index (χ3v) is 2.12. The molecule has 0 aliphatic carbocycles. The Labute approximate surface area is 134 Å². The summed E-state index contributed by atoms with van der Waals surface area (Å²) in [7, 11) is 0. The summed E-state index contributed by atoms with van der Waals surface area (Å²) in [6, 6.07) is 6.10. The Morgan fingerprint density at radius 2 is 1.89 bits per heavy atom. The molecule has 0 aliphatic heterocycles. The number of anilines is 1. The predicted octanol–water partition coefficient (Wildman–Crippen LogP) is 0.532. The van der Waals surface area contributed by atoms with Gasteiger partial charge in [0.05, 0.1) is 0 Å². The van der Waals surface area contributed by atoms with Crippen LogP contribution in [0.25, 0.3) is 0 Å². The molecule has 1 rings (SSSR count). The van der Waals surface area contributed by atoms with Gasteiger partial charge in [-0.2, -0.15) is 0 Å². The second kappa shape index (κ2) is 9.05. The first-order valence-electron chi connectivity index (χ1n) is 4.88.